The maximum atomic E-state index is 16.4. The molecule has 3 aromatic carbocycles. The van der Waals surface area contributed by atoms with Crippen LogP contribution >= 0.6 is 11.6 Å². The van der Waals surface area contributed by atoms with Crippen LogP contribution in [0.25, 0.3) is 11.1 Å². The second-order valence-electron chi connectivity index (χ2n) is 11.9. The summed E-state index contributed by atoms with van der Waals surface area (Å²) < 4.78 is 43.3. The van der Waals surface area contributed by atoms with Gasteiger partial charge in [-0.3, -0.25) is 4.79 Å². The van der Waals surface area contributed by atoms with Crippen molar-refractivity contribution in [3.63, 3.8) is 0 Å². The monoisotopic (exact) mass is 627 g/mol. The maximum Gasteiger partial charge on any atom is 0.410 e. The highest BCUT2D eigenvalue weighted by atomic mass is 35.5. The largest absolute Gasteiger partial charge is 0.488 e. The van der Waals surface area contributed by atoms with Crippen LogP contribution in [-0.2, 0) is 16.7 Å². The number of hydrogen-bond acceptors (Lipinski definition) is 6. The Kier molecular flexibility index (Phi) is 8.77. The normalized spacial score (nSPS) is 17.6. The Balaban J connectivity index is 1.73. The van der Waals surface area contributed by atoms with E-state index in [1.807, 2.05) is 35.2 Å². The molecule has 1 unspecified atom stereocenters. The van der Waals surface area contributed by atoms with Gasteiger partial charge < -0.3 is 29.7 Å². The molecule has 2 amide bonds. The third-order valence-electron chi connectivity index (χ3n) is 7.88. The smallest absolute Gasteiger partial charge is 0.410 e. The van der Waals surface area contributed by atoms with Crippen molar-refractivity contribution in [2.45, 2.75) is 45.3 Å². The first kappa shape index (κ1) is 31.5. The maximum absolute atomic E-state index is 16.4. The number of nitrogens with one attached hydrogen (secondary N) is 1. The van der Waals surface area contributed by atoms with E-state index in [9.17, 15) is 14.7 Å². The second kappa shape index (κ2) is 12.2. The molecule has 0 saturated carbocycles. The molecular weight excluding hydrogens is 592 g/mol. The van der Waals surface area contributed by atoms with Gasteiger partial charge in [0, 0.05) is 42.9 Å². The fourth-order valence-corrected chi connectivity index (χ4v) is 6.40. The molecule has 0 aliphatic carbocycles. The first-order valence-electron chi connectivity index (χ1n) is 14.6. The number of anilines is 1. The van der Waals surface area contributed by atoms with Crippen LogP contribution in [0.5, 0.6) is 5.75 Å². The summed E-state index contributed by atoms with van der Waals surface area (Å²) in [7, 11) is 0. The Morgan fingerprint density at radius 1 is 1.09 bits per heavy atom. The number of piperazine rings is 1. The lowest BCUT2D eigenvalue weighted by Crippen LogP contribution is -2.60. The Morgan fingerprint density at radius 3 is 2.48 bits per heavy atom. The van der Waals surface area contributed by atoms with Crippen LogP contribution in [0.3, 0.4) is 0 Å². The molecule has 234 valence electrons. The zero-order valence-corrected chi connectivity index (χ0v) is 25.9. The number of fused-ring (bicyclic) bond motifs is 3. The third-order valence-corrected chi connectivity index (χ3v) is 8.25. The zero-order valence-electron chi connectivity index (χ0n) is 25.2. The van der Waals surface area contributed by atoms with E-state index in [-0.39, 0.29) is 60.2 Å². The summed E-state index contributed by atoms with van der Waals surface area (Å²) in [4.78, 5) is 30.2. The van der Waals surface area contributed by atoms with Crippen LogP contribution in [-0.4, -0.2) is 67.0 Å². The second-order valence-corrected chi connectivity index (χ2v) is 12.3. The lowest BCUT2D eigenvalue weighted by molar-refractivity contribution is 0.0164. The molecule has 3 aromatic rings. The van der Waals surface area contributed by atoms with Crippen LogP contribution in [0, 0.1) is 11.6 Å². The minimum absolute atomic E-state index is 0.0376. The number of nitrogens with zero attached hydrogens (tertiary/aromatic N) is 2. The van der Waals surface area contributed by atoms with Gasteiger partial charge in [0.15, 0.2) is 11.6 Å². The number of aliphatic hydroxyl groups is 1. The lowest BCUT2D eigenvalue weighted by Gasteiger charge is -2.48. The van der Waals surface area contributed by atoms with Crippen molar-refractivity contribution in [3.05, 3.63) is 81.9 Å². The van der Waals surface area contributed by atoms with Crippen LogP contribution in [0.15, 0.2) is 48.5 Å². The van der Waals surface area contributed by atoms with Crippen molar-refractivity contribution in [2.24, 2.45) is 0 Å². The fraction of sp³-hybridized carbons (Fsp3) is 0.394. The van der Waals surface area contributed by atoms with Crippen LogP contribution in [0.2, 0.25) is 5.02 Å². The SMILES string of the molecule is CCNC(=O)c1ccc(OCCO)c(F)c1-c1c(Cl)c(F)cc2c1CC1(c3ccccc3)CN(C(=O)OC(C)(C)C)CCN21. The quantitative estimate of drug-likeness (QED) is 0.338. The molecule has 44 heavy (non-hydrogen) atoms. The van der Waals surface area contributed by atoms with Gasteiger partial charge in [-0.1, -0.05) is 41.9 Å². The van der Waals surface area contributed by atoms with E-state index in [0.717, 1.165) is 5.56 Å². The van der Waals surface area contributed by atoms with E-state index in [1.54, 1.807) is 32.6 Å². The predicted octanol–water partition coefficient (Wildman–Crippen LogP) is 5.91. The van der Waals surface area contributed by atoms with Crippen LogP contribution in [0.1, 0.15) is 49.2 Å². The number of aliphatic hydroxyl groups excluding tert-OH is 1. The van der Waals surface area contributed by atoms with E-state index >= 15 is 8.78 Å². The van der Waals surface area contributed by atoms with Gasteiger partial charge in [-0.15, -0.1) is 0 Å². The average molecular weight is 628 g/mol. The van der Waals surface area contributed by atoms with E-state index in [2.05, 4.69) is 5.32 Å². The fourth-order valence-electron chi connectivity index (χ4n) is 6.13. The van der Waals surface area contributed by atoms with Gasteiger partial charge in [-0.25, -0.2) is 13.6 Å². The summed E-state index contributed by atoms with van der Waals surface area (Å²) in [5.74, 6) is -2.44. The molecular formula is C33H36ClF2N3O5. The van der Waals surface area contributed by atoms with Gasteiger partial charge in [0.05, 0.1) is 29.3 Å². The van der Waals surface area contributed by atoms with Crippen molar-refractivity contribution in [3.8, 4) is 16.9 Å². The summed E-state index contributed by atoms with van der Waals surface area (Å²) in [5, 5.41) is 11.6. The van der Waals surface area contributed by atoms with Crippen molar-refractivity contribution in [2.75, 3.05) is 44.3 Å². The van der Waals surface area contributed by atoms with Crippen molar-refractivity contribution >= 4 is 29.3 Å². The highest BCUT2D eigenvalue weighted by Crippen LogP contribution is 2.53. The van der Waals surface area contributed by atoms with Gasteiger partial charge in [-0.05, 0) is 57.0 Å². The summed E-state index contributed by atoms with van der Waals surface area (Å²) in [6, 6.07) is 13.6. The molecule has 1 fully saturated rings. The van der Waals surface area contributed by atoms with Crippen molar-refractivity contribution < 1.29 is 33.0 Å². The molecule has 1 saturated heterocycles. The number of amides is 2. The molecule has 2 heterocycles. The van der Waals surface area contributed by atoms with Gasteiger partial charge in [0.2, 0.25) is 0 Å². The number of rotatable bonds is 7. The Hall–Kier alpha value is -3.89. The molecule has 1 atom stereocenters. The minimum atomic E-state index is -0.897. The number of carbonyl (C=O) groups excluding carboxylic acids is 2. The molecule has 0 bridgehead atoms. The number of halogens is 3. The van der Waals surface area contributed by atoms with Crippen LogP contribution in [0.4, 0.5) is 19.3 Å². The Labute approximate surface area is 260 Å². The molecule has 11 heteroatoms. The van der Waals surface area contributed by atoms with E-state index < -0.39 is 34.8 Å². The zero-order chi connectivity index (χ0) is 31.8. The van der Waals surface area contributed by atoms with E-state index in [4.69, 9.17) is 21.1 Å². The average Bonchev–Trinajstić information content (AvgIpc) is 3.31. The highest BCUT2D eigenvalue weighted by molar-refractivity contribution is 6.34. The number of carbonyl (C=O) groups is 2. The first-order chi connectivity index (χ1) is 20.9. The third kappa shape index (κ3) is 5.68. The van der Waals surface area contributed by atoms with Gasteiger partial charge in [-0.2, -0.15) is 0 Å². The van der Waals surface area contributed by atoms with E-state index in [0.29, 0.717) is 24.3 Å². The Morgan fingerprint density at radius 2 is 1.82 bits per heavy atom. The molecule has 2 aliphatic heterocycles. The van der Waals surface area contributed by atoms with Crippen LogP contribution < -0.4 is 15.0 Å². The number of hydrogen-bond donors (Lipinski definition) is 2. The van der Waals surface area contributed by atoms with Gasteiger partial charge in [0.25, 0.3) is 5.91 Å². The van der Waals surface area contributed by atoms with Gasteiger partial charge >= 0.3 is 6.09 Å². The summed E-state index contributed by atoms with van der Waals surface area (Å²) in [6.45, 7) is 7.74. The minimum Gasteiger partial charge on any atom is -0.488 e. The lowest BCUT2D eigenvalue weighted by atomic mass is 9.82. The van der Waals surface area contributed by atoms with Gasteiger partial charge in [0.1, 0.15) is 18.0 Å². The number of benzene rings is 3. The molecule has 2 N–H and O–H groups in total. The highest BCUT2D eigenvalue weighted by Gasteiger charge is 2.51. The summed E-state index contributed by atoms with van der Waals surface area (Å²) in [6.07, 6.45) is -0.233. The predicted molar refractivity (Wildman–Crippen MR) is 164 cm³/mol. The number of ether oxygens (including phenoxy) is 2. The van der Waals surface area contributed by atoms with E-state index in [1.165, 1.54) is 18.2 Å². The molecule has 0 radical (unpaired) electrons. The van der Waals surface area contributed by atoms with Crippen molar-refractivity contribution in [1.29, 1.82) is 0 Å². The summed E-state index contributed by atoms with van der Waals surface area (Å²) in [5.41, 5.74) is 0.154. The molecule has 8 nitrogen and oxygen atoms in total. The topological polar surface area (TPSA) is 91.3 Å². The molecule has 0 aromatic heterocycles. The molecule has 2 aliphatic rings. The van der Waals surface area contributed by atoms with Crippen molar-refractivity contribution in [1.82, 2.24) is 10.2 Å². The molecule has 0 spiro atoms. The standard InChI is InChI=1S/C33H36ClF2N3O5/c1-5-37-30(41)21-11-12-25(43-16-15-40)29(36)27(21)26-22-18-33(20-9-7-6-8-10-20)19-38(31(42)44-32(2,3)4)13-14-39(33)24(22)17-23(35)28(26)34/h6-12,17,40H,5,13-16,18-19H2,1-4H3,(H,37,41). The molecule has 5 rings (SSSR count). The first-order valence-corrected chi connectivity index (χ1v) is 15.0. The summed E-state index contributed by atoms with van der Waals surface area (Å²) >= 11 is 6.68. The Bertz CT molecular complexity index is 1580.